The maximum atomic E-state index is 12.1. The first kappa shape index (κ1) is 18.6. The van der Waals surface area contributed by atoms with Gasteiger partial charge < -0.3 is 10.1 Å². The zero-order chi connectivity index (χ0) is 18.2. The Kier molecular flexibility index (Phi) is 6.61. The van der Waals surface area contributed by atoms with Crippen molar-refractivity contribution in [3.05, 3.63) is 59.2 Å². The Morgan fingerprint density at radius 3 is 2.52 bits per heavy atom. The molecule has 0 spiro atoms. The molecule has 6 heteroatoms. The van der Waals surface area contributed by atoms with Gasteiger partial charge in [-0.25, -0.2) is 4.79 Å². The number of aryl methyl sites for hydroxylation is 2. The lowest BCUT2D eigenvalue weighted by molar-refractivity contribution is -0.119. The van der Waals surface area contributed by atoms with Crippen LogP contribution in [0, 0.1) is 25.2 Å². The largest absolute Gasteiger partial charge is 0.452 e. The van der Waals surface area contributed by atoms with E-state index in [0.717, 1.165) is 16.0 Å². The summed E-state index contributed by atoms with van der Waals surface area (Å²) in [5.74, 6) is -0.675. The second-order valence-corrected chi connectivity index (χ2v) is 6.46. The quantitative estimate of drug-likeness (QED) is 0.632. The molecule has 0 radical (unpaired) electrons. The molecule has 2 aromatic rings. The second kappa shape index (κ2) is 8.90. The summed E-state index contributed by atoms with van der Waals surface area (Å²) in [6, 6.07) is 14.6. The third-order valence-electron chi connectivity index (χ3n) is 3.25. The third kappa shape index (κ3) is 5.66. The Balaban J connectivity index is 1.95. The van der Waals surface area contributed by atoms with Crippen molar-refractivity contribution >= 4 is 29.3 Å². The molecule has 2 aromatic carbocycles. The number of hydrogen-bond acceptors (Lipinski definition) is 5. The van der Waals surface area contributed by atoms with E-state index in [2.05, 4.69) is 5.32 Å². The smallest absolute Gasteiger partial charge is 0.338 e. The minimum atomic E-state index is -0.533. The summed E-state index contributed by atoms with van der Waals surface area (Å²) in [4.78, 5) is 24.9. The first-order chi connectivity index (χ1) is 12.0. The van der Waals surface area contributed by atoms with E-state index in [1.165, 1.54) is 11.8 Å². The van der Waals surface area contributed by atoms with Crippen molar-refractivity contribution in [1.82, 2.24) is 0 Å². The highest BCUT2D eigenvalue weighted by Gasteiger charge is 2.12. The molecule has 0 saturated carbocycles. The third-order valence-corrected chi connectivity index (χ3v) is 4.19. The average Bonchev–Trinajstić information content (AvgIpc) is 2.58. The lowest BCUT2D eigenvalue weighted by atomic mass is 10.1. The fraction of sp³-hybridized carbons (Fsp3) is 0.211. The number of ether oxygens (including phenoxy) is 1. The highest BCUT2D eigenvalue weighted by Crippen LogP contribution is 2.26. The predicted octanol–water partition coefficient (Wildman–Crippen LogP) is 3.71. The average molecular weight is 354 g/mol. The van der Waals surface area contributed by atoms with Crippen LogP contribution in [0.5, 0.6) is 0 Å². The number of esters is 1. The van der Waals surface area contributed by atoms with Crippen LogP contribution in [-0.2, 0) is 9.53 Å². The molecule has 1 N–H and O–H groups in total. The molecule has 0 aliphatic rings. The van der Waals surface area contributed by atoms with Crippen molar-refractivity contribution in [3.63, 3.8) is 0 Å². The summed E-state index contributed by atoms with van der Waals surface area (Å²) in [5, 5.41) is 11.4. The molecule has 0 atom stereocenters. The Bertz CT molecular complexity index is 807. The van der Waals surface area contributed by atoms with Gasteiger partial charge in [0.05, 0.1) is 23.1 Å². The Morgan fingerprint density at radius 2 is 1.84 bits per heavy atom. The van der Waals surface area contributed by atoms with Crippen LogP contribution in [0.4, 0.5) is 5.69 Å². The number of nitrogens with zero attached hydrogens (tertiary/aromatic N) is 1. The van der Waals surface area contributed by atoms with Gasteiger partial charge >= 0.3 is 5.97 Å². The van der Waals surface area contributed by atoms with E-state index in [-0.39, 0.29) is 12.4 Å². The monoisotopic (exact) mass is 354 g/mol. The molecule has 0 saturated heterocycles. The van der Waals surface area contributed by atoms with Gasteiger partial charge in [0.1, 0.15) is 0 Å². The predicted molar refractivity (Wildman–Crippen MR) is 97.6 cm³/mol. The van der Waals surface area contributed by atoms with Crippen molar-refractivity contribution in [1.29, 1.82) is 5.26 Å². The van der Waals surface area contributed by atoms with Crippen LogP contribution in [0.2, 0.25) is 0 Å². The van der Waals surface area contributed by atoms with Crippen molar-refractivity contribution in [3.8, 4) is 6.07 Å². The second-order valence-electron chi connectivity index (χ2n) is 5.44. The molecule has 2 rings (SSSR count). The minimum absolute atomic E-state index is 0.286. The van der Waals surface area contributed by atoms with Crippen molar-refractivity contribution in [2.45, 2.75) is 18.7 Å². The summed E-state index contributed by atoms with van der Waals surface area (Å²) in [6.45, 7) is 3.42. The topological polar surface area (TPSA) is 79.2 Å². The van der Waals surface area contributed by atoms with Gasteiger partial charge in [-0.15, -0.1) is 11.8 Å². The van der Waals surface area contributed by atoms with Crippen LogP contribution in [0.3, 0.4) is 0 Å². The molecular formula is C19H18N2O3S. The van der Waals surface area contributed by atoms with Crippen LogP contribution >= 0.6 is 11.8 Å². The highest BCUT2D eigenvalue weighted by atomic mass is 32.2. The fourth-order valence-electron chi connectivity index (χ4n) is 2.30. The maximum absolute atomic E-state index is 12.1. The lowest BCUT2D eigenvalue weighted by Gasteiger charge is -2.10. The molecule has 0 aliphatic heterocycles. The van der Waals surface area contributed by atoms with Crippen molar-refractivity contribution in [2.24, 2.45) is 0 Å². The zero-order valence-corrected chi connectivity index (χ0v) is 14.9. The molecule has 0 fully saturated rings. The Morgan fingerprint density at radius 1 is 1.16 bits per heavy atom. The van der Waals surface area contributed by atoms with E-state index < -0.39 is 11.9 Å². The number of para-hydroxylation sites is 1. The Hall–Kier alpha value is -2.78. The lowest BCUT2D eigenvalue weighted by Crippen LogP contribution is -2.21. The number of amides is 1. The van der Waals surface area contributed by atoms with Crippen LogP contribution in [0.1, 0.15) is 21.5 Å². The maximum Gasteiger partial charge on any atom is 0.338 e. The van der Waals surface area contributed by atoms with E-state index in [1.807, 2.05) is 38.1 Å². The molecule has 1 amide bonds. The van der Waals surface area contributed by atoms with Gasteiger partial charge in [-0.3, -0.25) is 4.79 Å². The number of rotatable bonds is 6. The fourth-order valence-corrected chi connectivity index (χ4v) is 2.97. The van der Waals surface area contributed by atoms with Gasteiger partial charge in [0.2, 0.25) is 0 Å². The Labute approximate surface area is 151 Å². The molecule has 0 bridgehead atoms. The summed E-state index contributed by atoms with van der Waals surface area (Å²) in [5.41, 5.74) is 2.94. The van der Waals surface area contributed by atoms with E-state index in [9.17, 15) is 9.59 Å². The van der Waals surface area contributed by atoms with Crippen LogP contribution in [0.15, 0.2) is 47.4 Å². The van der Waals surface area contributed by atoms with Crippen LogP contribution in [-0.4, -0.2) is 24.2 Å². The highest BCUT2D eigenvalue weighted by molar-refractivity contribution is 7.99. The van der Waals surface area contributed by atoms with Crippen molar-refractivity contribution < 1.29 is 14.3 Å². The van der Waals surface area contributed by atoms with E-state index >= 15 is 0 Å². The van der Waals surface area contributed by atoms with Gasteiger partial charge in [0.25, 0.3) is 5.91 Å². The van der Waals surface area contributed by atoms with E-state index in [4.69, 9.17) is 10.00 Å². The van der Waals surface area contributed by atoms with Gasteiger partial charge in [0, 0.05) is 4.90 Å². The summed E-state index contributed by atoms with van der Waals surface area (Å²) >= 11 is 1.33. The zero-order valence-electron chi connectivity index (χ0n) is 14.0. The number of carbonyl (C=O) groups excluding carboxylic acids is 2. The van der Waals surface area contributed by atoms with Crippen molar-refractivity contribution in [2.75, 3.05) is 17.7 Å². The SMILES string of the molecule is Cc1cc(C)cc(C(=O)OCC(=O)Nc2ccccc2SCC#N)c1. The molecule has 0 aliphatic carbocycles. The number of anilines is 1. The van der Waals surface area contributed by atoms with Gasteiger partial charge in [-0.2, -0.15) is 5.26 Å². The molecule has 128 valence electrons. The van der Waals surface area contributed by atoms with Gasteiger partial charge in [-0.05, 0) is 38.1 Å². The number of nitrogens with one attached hydrogen (secondary N) is 1. The first-order valence-corrected chi connectivity index (χ1v) is 8.62. The van der Waals surface area contributed by atoms with Gasteiger partial charge in [0.15, 0.2) is 6.61 Å². The van der Waals surface area contributed by atoms with Crippen LogP contribution < -0.4 is 5.32 Å². The summed E-state index contributed by atoms with van der Waals surface area (Å²) in [6.07, 6.45) is 0. The standard InChI is InChI=1S/C19H18N2O3S/c1-13-9-14(2)11-15(10-13)19(23)24-12-18(22)21-16-5-3-4-6-17(16)25-8-7-20/h3-6,9-11H,8,12H2,1-2H3,(H,21,22). The molecule has 0 aromatic heterocycles. The van der Waals surface area contributed by atoms with E-state index in [1.54, 1.807) is 24.3 Å². The molecule has 0 unspecified atom stereocenters. The number of benzene rings is 2. The number of hydrogen-bond donors (Lipinski definition) is 1. The van der Waals surface area contributed by atoms with Gasteiger partial charge in [-0.1, -0.05) is 29.3 Å². The number of thioether (sulfide) groups is 1. The van der Waals surface area contributed by atoms with Crippen LogP contribution in [0.25, 0.3) is 0 Å². The molecular weight excluding hydrogens is 336 g/mol. The molecule has 5 nitrogen and oxygen atoms in total. The normalized spacial score (nSPS) is 9.96. The molecule has 25 heavy (non-hydrogen) atoms. The number of carbonyl (C=O) groups is 2. The first-order valence-electron chi connectivity index (χ1n) is 7.63. The minimum Gasteiger partial charge on any atom is -0.452 e. The summed E-state index contributed by atoms with van der Waals surface area (Å²) < 4.78 is 5.08. The summed E-state index contributed by atoms with van der Waals surface area (Å²) in [7, 11) is 0. The number of nitriles is 1. The molecule has 0 heterocycles. The van der Waals surface area contributed by atoms with E-state index in [0.29, 0.717) is 11.3 Å².